The second-order valence-corrected chi connectivity index (χ2v) is 6.42. The first-order valence-corrected chi connectivity index (χ1v) is 7.05. The van der Waals surface area contributed by atoms with Gasteiger partial charge in [0.15, 0.2) is 0 Å². The number of nitrogens with zero attached hydrogens (tertiary/aromatic N) is 2. The lowest BCUT2D eigenvalue weighted by Crippen LogP contribution is -2.46. The van der Waals surface area contributed by atoms with E-state index in [4.69, 9.17) is 0 Å². The Bertz CT molecular complexity index is 211. The van der Waals surface area contributed by atoms with E-state index in [1.165, 1.54) is 58.4 Å². The van der Waals surface area contributed by atoms with Gasteiger partial charge >= 0.3 is 0 Å². The predicted molar refractivity (Wildman–Crippen MR) is 69.7 cm³/mol. The summed E-state index contributed by atoms with van der Waals surface area (Å²) in [6.07, 6.45) is 5.63. The highest BCUT2D eigenvalue weighted by Crippen LogP contribution is 2.33. The Balaban J connectivity index is 1.81. The average molecular weight is 224 g/mol. The lowest BCUT2D eigenvalue weighted by atomic mass is 9.79. The van der Waals surface area contributed by atoms with E-state index in [9.17, 15) is 0 Å². The van der Waals surface area contributed by atoms with Gasteiger partial charge in [0.05, 0.1) is 0 Å². The molecule has 2 aliphatic rings. The minimum absolute atomic E-state index is 0.593. The molecule has 0 spiro atoms. The fourth-order valence-electron chi connectivity index (χ4n) is 3.22. The Hall–Kier alpha value is -0.0800. The molecule has 0 bridgehead atoms. The van der Waals surface area contributed by atoms with Crippen LogP contribution in [0, 0.1) is 5.41 Å². The molecule has 0 aromatic rings. The molecule has 0 radical (unpaired) electrons. The third-order valence-electron chi connectivity index (χ3n) is 4.54. The van der Waals surface area contributed by atoms with Crippen molar-refractivity contribution in [2.75, 3.05) is 32.7 Å². The molecule has 2 heterocycles. The van der Waals surface area contributed by atoms with Crippen LogP contribution in [0.3, 0.4) is 0 Å². The van der Waals surface area contributed by atoms with E-state index in [-0.39, 0.29) is 0 Å². The summed E-state index contributed by atoms with van der Waals surface area (Å²) in [5.74, 6) is 0. The minimum Gasteiger partial charge on any atom is -0.303 e. The second kappa shape index (κ2) is 5.05. The molecule has 2 heteroatoms. The Kier molecular flexibility index (Phi) is 3.91. The first-order chi connectivity index (χ1) is 7.59. The average Bonchev–Trinajstić information content (AvgIpc) is 2.70. The highest BCUT2D eigenvalue weighted by molar-refractivity contribution is 4.87. The van der Waals surface area contributed by atoms with E-state index in [1.807, 2.05) is 0 Å². The Morgan fingerprint density at radius 3 is 2.06 bits per heavy atom. The molecule has 2 rings (SSSR count). The van der Waals surface area contributed by atoms with Gasteiger partial charge in [-0.05, 0) is 71.1 Å². The van der Waals surface area contributed by atoms with Crippen LogP contribution in [0.1, 0.15) is 46.5 Å². The summed E-state index contributed by atoms with van der Waals surface area (Å²) >= 11 is 0. The normalized spacial score (nSPS) is 27.8. The SMILES string of the molecule is CC(C)N1CCC(C)(CN2CCCC2)CC1. The van der Waals surface area contributed by atoms with Gasteiger partial charge in [0.25, 0.3) is 0 Å². The van der Waals surface area contributed by atoms with Crippen LogP contribution in [0.4, 0.5) is 0 Å². The molecule has 2 saturated heterocycles. The molecule has 2 nitrogen and oxygen atoms in total. The quantitative estimate of drug-likeness (QED) is 0.727. The number of piperidine rings is 1. The van der Waals surface area contributed by atoms with E-state index in [0.29, 0.717) is 5.41 Å². The first kappa shape index (κ1) is 12.4. The summed E-state index contributed by atoms with van der Waals surface area (Å²) in [4.78, 5) is 5.32. The van der Waals surface area contributed by atoms with E-state index < -0.39 is 0 Å². The summed E-state index contributed by atoms with van der Waals surface area (Å²) in [6.45, 7) is 13.8. The summed E-state index contributed by atoms with van der Waals surface area (Å²) in [5.41, 5.74) is 0.593. The molecule has 0 aromatic heterocycles. The number of hydrogen-bond donors (Lipinski definition) is 0. The van der Waals surface area contributed by atoms with Crippen molar-refractivity contribution in [1.82, 2.24) is 9.80 Å². The van der Waals surface area contributed by atoms with Crippen LogP contribution in [0.15, 0.2) is 0 Å². The molecule has 0 amide bonds. The van der Waals surface area contributed by atoms with Gasteiger partial charge in [-0.15, -0.1) is 0 Å². The van der Waals surface area contributed by atoms with Crippen molar-refractivity contribution in [2.45, 2.75) is 52.5 Å². The summed E-state index contributed by atoms with van der Waals surface area (Å²) in [6, 6.07) is 0.733. The van der Waals surface area contributed by atoms with Gasteiger partial charge < -0.3 is 9.80 Å². The zero-order chi connectivity index (χ0) is 11.6. The maximum Gasteiger partial charge on any atom is 0.00385 e. The van der Waals surface area contributed by atoms with Crippen LogP contribution in [-0.4, -0.2) is 48.6 Å². The van der Waals surface area contributed by atoms with Crippen LogP contribution in [-0.2, 0) is 0 Å². The monoisotopic (exact) mass is 224 g/mol. The maximum absolute atomic E-state index is 2.69. The molecule has 94 valence electrons. The van der Waals surface area contributed by atoms with Crippen molar-refractivity contribution in [3.8, 4) is 0 Å². The van der Waals surface area contributed by atoms with Gasteiger partial charge in [-0.3, -0.25) is 0 Å². The molecule has 0 atom stereocenters. The summed E-state index contributed by atoms with van der Waals surface area (Å²) in [7, 11) is 0. The zero-order valence-electron chi connectivity index (χ0n) is 11.3. The Morgan fingerprint density at radius 2 is 1.56 bits per heavy atom. The Labute approximate surface area is 101 Å². The van der Waals surface area contributed by atoms with Gasteiger partial charge in [-0.1, -0.05) is 6.92 Å². The van der Waals surface area contributed by atoms with Crippen molar-refractivity contribution < 1.29 is 0 Å². The van der Waals surface area contributed by atoms with Crippen molar-refractivity contribution >= 4 is 0 Å². The van der Waals surface area contributed by atoms with Crippen LogP contribution >= 0.6 is 0 Å². The number of rotatable bonds is 3. The smallest absolute Gasteiger partial charge is 0.00385 e. The highest BCUT2D eigenvalue weighted by Gasteiger charge is 2.32. The summed E-state index contributed by atoms with van der Waals surface area (Å²) < 4.78 is 0. The third-order valence-corrected chi connectivity index (χ3v) is 4.54. The van der Waals surface area contributed by atoms with E-state index in [0.717, 1.165) is 6.04 Å². The standard InChI is InChI=1S/C14H28N2/c1-13(2)16-10-6-14(3,7-11-16)12-15-8-4-5-9-15/h13H,4-12H2,1-3H3. The molecular weight excluding hydrogens is 196 g/mol. The minimum atomic E-state index is 0.593. The molecule has 0 N–H and O–H groups in total. The number of likely N-dealkylation sites (tertiary alicyclic amines) is 2. The van der Waals surface area contributed by atoms with Gasteiger partial charge in [0.2, 0.25) is 0 Å². The van der Waals surface area contributed by atoms with Crippen LogP contribution < -0.4 is 0 Å². The van der Waals surface area contributed by atoms with E-state index in [1.54, 1.807) is 0 Å². The summed E-state index contributed by atoms with van der Waals surface area (Å²) in [5, 5.41) is 0. The zero-order valence-corrected chi connectivity index (χ0v) is 11.3. The van der Waals surface area contributed by atoms with Gasteiger partial charge in [-0.25, -0.2) is 0 Å². The third kappa shape index (κ3) is 2.98. The molecule has 0 aliphatic carbocycles. The van der Waals surface area contributed by atoms with Crippen molar-refractivity contribution in [3.05, 3.63) is 0 Å². The van der Waals surface area contributed by atoms with Crippen LogP contribution in [0.5, 0.6) is 0 Å². The fraction of sp³-hybridized carbons (Fsp3) is 1.00. The topological polar surface area (TPSA) is 6.48 Å². The van der Waals surface area contributed by atoms with E-state index in [2.05, 4.69) is 30.6 Å². The van der Waals surface area contributed by atoms with Crippen LogP contribution in [0.2, 0.25) is 0 Å². The fourth-order valence-corrected chi connectivity index (χ4v) is 3.22. The lowest BCUT2D eigenvalue weighted by molar-refractivity contribution is 0.0679. The van der Waals surface area contributed by atoms with Gasteiger partial charge in [0.1, 0.15) is 0 Å². The van der Waals surface area contributed by atoms with Crippen LogP contribution in [0.25, 0.3) is 0 Å². The highest BCUT2D eigenvalue weighted by atomic mass is 15.2. The van der Waals surface area contributed by atoms with Crippen molar-refractivity contribution in [3.63, 3.8) is 0 Å². The largest absolute Gasteiger partial charge is 0.303 e. The molecular formula is C14H28N2. The maximum atomic E-state index is 2.69. The van der Waals surface area contributed by atoms with E-state index >= 15 is 0 Å². The second-order valence-electron chi connectivity index (χ2n) is 6.42. The van der Waals surface area contributed by atoms with Gasteiger partial charge in [-0.2, -0.15) is 0 Å². The molecule has 0 saturated carbocycles. The lowest BCUT2D eigenvalue weighted by Gasteiger charge is -2.43. The molecule has 2 aliphatic heterocycles. The molecule has 16 heavy (non-hydrogen) atoms. The van der Waals surface area contributed by atoms with Crippen molar-refractivity contribution in [2.24, 2.45) is 5.41 Å². The first-order valence-electron chi connectivity index (χ1n) is 7.05. The number of hydrogen-bond acceptors (Lipinski definition) is 2. The molecule has 2 fully saturated rings. The van der Waals surface area contributed by atoms with Gasteiger partial charge in [0, 0.05) is 12.6 Å². The Morgan fingerprint density at radius 1 is 1.00 bits per heavy atom. The predicted octanol–water partition coefficient (Wildman–Crippen LogP) is 2.59. The van der Waals surface area contributed by atoms with Crippen molar-refractivity contribution in [1.29, 1.82) is 0 Å². The molecule has 0 aromatic carbocycles. The molecule has 0 unspecified atom stereocenters.